The van der Waals surface area contributed by atoms with Crippen molar-refractivity contribution in [3.05, 3.63) is 57.7 Å². The second-order valence-electron chi connectivity index (χ2n) is 6.59. The van der Waals surface area contributed by atoms with Crippen LogP contribution < -0.4 is 14.4 Å². The van der Waals surface area contributed by atoms with Gasteiger partial charge in [0.15, 0.2) is 15.8 Å². The van der Waals surface area contributed by atoms with E-state index < -0.39 is 5.82 Å². The average molecular weight is 466 g/mol. The minimum atomic E-state index is -0.551. The van der Waals surface area contributed by atoms with Crippen LogP contribution in [0.25, 0.3) is 6.08 Å². The van der Waals surface area contributed by atoms with Crippen molar-refractivity contribution in [3.8, 4) is 11.5 Å². The minimum Gasteiger partial charge on any atom is -0.490 e. The summed E-state index contributed by atoms with van der Waals surface area (Å²) in [6.07, 6.45) is 2.69. The zero-order valence-electron chi connectivity index (χ0n) is 16.8. The van der Waals surface area contributed by atoms with E-state index in [1.165, 1.54) is 34.9 Å². The number of thiocarbonyl (C=S) groups is 1. The van der Waals surface area contributed by atoms with E-state index >= 15 is 0 Å². The number of rotatable bonds is 7. The highest BCUT2D eigenvalue weighted by atomic mass is 35.5. The first-order valence-electron chi connectivity index (χ1n) is 9.50. The van der Waals surface area contributed by atoms with Gasteiger partial charge in [-0.1, -0.05) is 48.6 Å². The molecule has 30 heavy (non-hydrogen) atoms. The first-order chi connectivity index (χ1) is 14.3. The summed E-state index contributed by atoms with van der Waals surface area (Å²) in [6, 6.07) is 9.61. The molecule has 1 aliphatic heterocycles. The predicted octanol–water partition coefficient (Wildman–Crippen LogP) is 6.46. The van der Waals surface area contributed by atoms with Gasteiger partial charge in [0.1, 0.15) is 5.82 Å². The fourth-order valence-electron chi connectivity index (χ4n) is 2.75. The lowest BCUT2D eigenvalue weighted by Gasteiger charge is -2.16. The van der Waals surface area contributed by atoms with E-state index in [1.807, 2.05) is 32.0 Å². The van der Waals surface area contributed by atoms with Crippen molar-refractivity contribution in [2.75, 3.05) is 11.5 Å². The molecular weight excluding hydrogens is 445 g/mol. The quantitative estimate of drug-likeness (QED) is 0.346. The van der Waals surface area contributed by atoms with Gasteiger partial charge in [0.25, 0.3) is 5.91 Å². The lowest BCUT2D eigenvalue weighted by atomic mass is 10.1. The Labute approximate surface area is 190 Å². The topological polar surface area (TPSA) is 38.8 Å². The molecule has 3 rings (SSSR count). The van der Waals surface area contributed by atoms with Crippen molar-refractivity contribution >= 4 is 57.6 Å². The summed E-state index contributed by atoms with van der Waals surface area (Å²) in [7, 11) is 0. The number of carbonyl (C=O) groups is 1. The van der Waals surface area contributed by atoms with Gasteiger partial charge in [0.05, 0.1) is 28.3 Å². The third-order valence-corrected chi connectivity index (χ3v) is 6.02. The number of nitrogens with zero attached hydrogens (tertiary/aromatic N) is 1. The van der Waals surface area contributed by atoms with Gasteiger partial charge in [-0.05, 0) is 62.2 Å². The number of anilines is 1. The van der Waals surface area contributed by atoms with Crippen molar-refractivity contribution < 1.29 is 18.7 Å². The van der Waals surface area contributed by atoms with E-state index in [9.17, 15) is 9.18 Å². The molecule has 4 nitrogen and oxygen atoms in total. The van der Waals surface area contributed by atoms with Crippen LogP contribution >= 0.6 is 35.6 Å². The average Bonchev–Trinajstić information content (AvgIpc) is 2.99. The van der Waals surface area contributed by atoms with Crippen molar-refractivity contribution in [1.82, 2.24) is 0 Å². The number of hydrogen-bond acceptors (Lipinski definition) is 5. The Bertz CT molecular complexity index is 1010. The van der Waals surface area contributed by atoms with Crippen LogP contribution in [-0.2, 0) is 4.79 Å². The fourth-order valence-corrected chi connectivity index (χ4v) is 4.22. The molecule has 0 aliphatic carbocycles. The molecule has 8 heteroatoms. The third-order valence-electron chi connectivity index (χ3n) is 4.42. The molecule has 2 aromatic carbocycles. The summed E-state index contributed by atoms with van der Waals surface area (Å²) in [4.78, 5) is 14.7. The first kappa shape index (κ1) is 22.6. The summed E-state index contributed by atoms with van der Waals surface area (Å²) in [5.41, 5.74) is 1.21. The van der Waals surface area contributed by atoms with Gasteiger partial charge < -0.3 is 9.47 Å². The van der Waals surface area contributed by atoms with Gasteiger partial charge in [-0.25, -0.2) is 4.39 Å². The number of ether oxygens (including phenoxy) is 2. The Morgan fingerprint density at radius 2 is 2.00 bits per heavy atom. The van der Waals surface area contributed by atoms with E-state index in [4.69, 9.17) is 33.3 Å². The number of amides is 1. The van der Waals surface area contributed by atoms with Crippen molar-refractivity contribution in [2.24, 2.45) is 0 Å². The molecule has 1 unspecified atom stereocenters. The summed E-state index contributed by atoms with van der Waals surface area (Å²) in [5.74, 6) is 0.444. The summed E-state index contributed by atoms with van der Waals surface area (Å²) in [6.45, 7) is 6.44. The Kier molecular flexibility index (Phi) is 7.39. The number of benzene rings is 2. The maximum atomic E-state index is 13.5. The second-order valence-corrected chi connectivity index (χ2v) is 8.67. The van der Waals surface area contributed by atoms with E-state index in [-0.39, 0.29) is 17.0 Å². The summed E-state index contributed by atoms with van der Waals surface area (Å²) in [5, 5.41) is -0.0659. The highest BCUT2D eigenvalue weighted by Gasteiger charge is 2.33. The van der Waals surface area contributed by atoms with Crippen molar-refractivity contribution in [3.63, 3.8) is 0 Å². The van der Waals surface area contributed by atoms with Crippen molar-refractivity contribution in [1.29, 1.82) is 0 Å². The summed E-state index contributed by atoms with van der Waals surface area (Å²) < 4.78 is 25.5. The predicted molar refractivity (Wildman–Crippen MR) is 125 cm³/mol. The van der Waals surface area contributed by atoms with Gasteiger partial charge in [0, 0.05) is 0 Å². The van der Waals surface area contributed by atoms with E-state index in [2.05, 4.69) is 6.92 Å². The van der Waals surface area contributed by atoms with Crippen LogP contribution in [0.15, 0.2) is 41.3 Å². The Morgan fingerprint density at radius 1 is 1.23 bits per heavy atom. The van der Waals surface area contributed by atoms with Crippen molar-refractivity contribution in [2.45, 2.75) is 33.3 Å². The molecule has 158 valence electrons. The van der Waals surface area contributed by atoms with Crippen LogP contribution in [0.5, 0.6) is 11.5 Å². The molecule has 2 aromatic rings. The molecule has 1 amide bonds. The number of carbonyl (C=O) groups excluding carboxylic acids is 1. The SMILES string of the molecule is CCOc1cc(/C=C2/SC(=S)N(c3ccc(F)c(Cl)c3)C2=O)ccc1OC(C)CC. The molecule has 1 aliphatic rings. The zero-order valence-corrected chi connectivity index (χ0v) is 19.2. The van der Waals surface area contributed by atoms with E-state index in [0.717, 1.165) is 12.0 Å². The first-order valence-corrected chi connectivity index (χ1v) is 11.1. The molecule has 0 bridgehead atoms. The molecule has 0 spiro atoms. The second kappa shape index (κ2) is 9.81. The highest BCUT2D eigenvalue weighted by Crippen LogP contribution is 2.38. The lowest BCUT2D eigenvalue weighted by molar-refractivity contribution is -0.113. The van der Waals surface area contributed by atoms with Crippen LogP contribution in [0.3, 0.4) is 0 Å². The normalized spacial score (nSPS) is 16.3. The van der Waals surface area contributed by atoms with Gasteiger partial charge in [-0.3, -0.25) is 9.69 Å². The van der Waals surface area contributed by atoms with Crippen LogP contribution in [-0.4, -0.2) is 22.9 Å². The number of hydrogen-bond donors (Lipinski definition) is 0. The Morgan fingerprint density at radius 3 is 2.67 bits per heavy atom. The minimum absolute atomic E-state index is 0.0637. The summed E-state index contributed by atoms with van der Waals surface area (Å²) >= 11 is 12.4. The molecule has 0 aromatic heterocycles. The van der Waals surface area contributed by atoms with Gasteiger partial charge in [-0.15, -0.1) is 0 Å². The molecule has 1 fully saturated rings. The lowest BCUT2D eigenvalue weighted by Crippen LogP contribution is -2.27. The molecule has 0 radical (unpaired) electrons. The zero-order chi connectivity index (χ0) is 21.8. The highest BCUT2D eigenvalue weighted by molar-refractivity contribution is 8.27. The number of halogens is 2. The van der Waals surface area contributed by atoms with E-state index in [0.29, 0.717) is 33.0 Å². The fraction of sp³-hybridized carbons (Fsp3) is 0.273. The monoisotopic (exact) mass is 465 g/mol. The van der Waals surface area contributed by atoms with Crippen LogP contribution in [0, 0.1) is 5.82 Å². The Hall–Kier alpha value is -2.09. The number of thioether (sulfide) groups is 1. The van der Waals surface area contributed by atoms with Crippen LogP contribution in [0.4, 0.5) is 10.1 Å². The van der Waals surface area contributed by atoms with Crippen LogP contribution in [0.2, 0.25) is 5.02 Å². The maximum Gasteiger partial charge on any atom is 0.270 e. The molecule has 1 saturated heterocycles. The molecule has 0 saturated carbocycles. The maximum absolute atomic E-state index is 13.5. The standard InChI is InChI=1S/C22H21ClFNO3S2/c1-4-13(3)28-18-9-6-14(10-19(18)27-5-2)11-20-21(26)25(22(29)30-20)15-7-8-17(24)16(23)12-15/h6-13H,4-5H2,1-3H3/b20-11+. The molecular formula is C22H21ClFNO3S2. The van der Waals surface area contributed by atoms with Gasteiger partial charge >= 0.3 is 0 Å². The van der Waals surface area contributed by atoms with Gasteiger partial charge in [0.2, 0.25) is 0 Å². The van der Waals surface area contributed by atoms with E-state index in [1.54, 1.807) is 6.08 Å². The molecule has 1 atom stereocenters. The molecule has 1 heterocycles. The largest absolute Gasteiger partial charge is 0.490 e. The smallest absolute Gasteiger partial charge is 0.270 e. The van der Waals surface area contributed by atoms with Crippen LogP contribution in [0.1, 0.15) is 32.8 Å². The Balaban J connectivity index is 1.89. The van der Waals surface area contributed by atoms with Gasteiger partial charge in [-0.2, -0.15) is 0 Å². The molecule has 0 N–H and O–H groups in total. The third kappa shape index (κ3) is 4.96.